The van der Waals surface area contributed by atoms with E-state index in [9.17, 15) is 19.7 Å². The Labute approximate surface area is 267 Å². The molecule has 1 aliphatic rings. The number of benzene rings is 3. The number of nitrogens with zero attached hydrogens (tertiary/aromatic N) is 3. The summed E-state index contributed by atoms with van der Waals surface area (Å²) in [5, 5.41) is 11.1. The van der Waals surface area contributed by atoms with Crippen LogP contribution in [-0.2, 0) is 16.1 Å². The summed E-state index contributed by atoms with van der Waals surface area (Å²) in [5.74, 6) is 0.0105. The molecule has 0 radical (unpaired) electrons. The Kier molecular flexibility index (Phi) is 9.09. The van der Waals surface area contributed by atoms with Crippen LogP contribution in [0.4, 0.5) is 5.69 Å². The smallest absolute Gasteiger partial charge is 0.338 e. The topological polar surface area (TPSA) is 113 Å². The van der Waals surface area contributed by atoms with E-state index in [1.807, 2.05) is 43.3 Å². The van der Waals surface area contributed by atoms with Crippen molar-refractivity contribution in [2.24, 2.45) is 4.99 Å². The second-order valence-electron chi connectivity index (χ2n) is 9.74. The molecule has 43 heavy (non-hydrogen) atoms. The van der Waals surface area contributed by atoms with Crippen molar-refractivity contribution in [3.05, 3.63) is 133 Å². The third kappa shape index (κ3) is 6.41. The first-order chi connectivity index (χ1) is 20.6. The predicted molar refractivity (Wildman–Crippen MR) is 171 cm³/mol. The number of esters is 1. The molecule has 0 bridgehead atoms. The maximum absolute atomic E-state index is 13.9. The zero-order chi connectivity index (χ0) is 30.8. The predicted octanol–water partition coefficient (Wildman–Crippen LogP) is 6.12. The van der Waals surface area contributed by atoms with Crippen molar-refractivity contribution in [2.45, 2.75) is 33.4 Å². The SMILES string of the molecule is CCOC(=O)C1=C(C)N=c2s/c(=C/c3cc(Br)c(OCc4cccc([N+](=O)[O-])c4)c(Br)c3)c(=O)n2[C@H]1c1ccc(C)cc1. The van der Waals surface area contributed by atoms with Crippen LogP contribution in [-0.4, -0.2) is 22.1 Å². The third-order valence-electron chi connectivity index (χ3n) is 6.73. The van der Waals surface area contributed by atoms with Gasteiger partial charge in [0.25, 0.3) is 11.2 Å². The van der Waals surface area contributed by atoms with Crippen LogP contribution in [0.2, 0.25) is 0 Å². The van der Waals surface area contributed by atoms with Crippen molar-refractivity contribution in [1.82, 2.24) is 4.57 Å². The number of allylic oxidation sites excluding steroid dienone is 1. The summed E-state index contributed by atoms with van der Waals surface area (Å²) < 4.78 is 14.6. The third-order valence-corrected chi connectivity index (χ3v) is 8.89. The Morgan fingerprint density at radius 2 is 1.81 bits per heavy atom. The Hall–Kier alpha value is -3.87. The van der Waals surface area contributed by atoms with E-state index in [0.29, 0.717) is 40.9 Å². The summed E-state index contributed by atoms with van der Waals surface area (Å²) in [5.41, 5.74) is 3.77. The molecule has 2 heterocycles. The molecule has 0 spiro atoms. The normalized spacial score (nSPS) is 14.7. The van der Waals surface area contributed by atoms with Crippen LogP contribution in [0, 0.1) is 17.0 Å². The van der Waals surface area contributed by atoms with Gasteiger partial charge in [-0.1, -0.05) is 53.3 Å². The maximum Gasteiger partial charge on any atom is 0.338 e. The molecule has 9 nitrogen and oxygen atoms in total. The molecular formula is C31H25Br2N3O6S. The van der Waals surface area contributed by atoms with Gasteiger partial charge in [0, 0.05) is 12.1 Å². The molecule has 0 saturated heterocycles. The molecule has 0 fully saturated rings. The Morgan fingerprint density at radius 3 is 2.47 bits per heavy atom. The number of fused-ring (bicyclic) bond motifs is 1. The van der Waals surface area contributed by atoms with E-state index in [1.165, 1.54) is 23.5 Å². The molecular weight excluding hydrogens is 702 g/mol. The first-order valence-corrected chi connectivity index (χ1v) is 15.6. The fourth-order valence-corrected chi connectivity index (χ4v) is 7.22. The van der Waals surface area contributed by atoms with Gasteiger partial charge in [0.15, 0.2) is 4.80 Å². The number of thiazole rings is 1. The van der Waals surface area contributed by atoms with Gasteiger partial charge in [-0.3, -0.25) is 19.5 Å². The van der Waals surface area contributed by atoms with E-state index < -0.39 is 16.9 Å². The van der Waals surface area contributed by atoms with E-state index in [4.69, 9.17) is 9.47 Å². The lowest BCUT2D eigenvalue weighted by atomic mass is 9.95. The molecule has 0 unspecified atom stereocenters. The van der Waals surface area contributed by atoms with Gasteiger partial charge in [0.1, 0.15) is 12.4 Å². The van der Waals surface area contributed by atoms with Gasteiger partial charge in [0.05, 0.1) is 42.3 Å². The summed E-state index contributed by atoms with van der Waals surface area (Å²) >= 11 is 8.34. The average Bonchev–Trinajstić information content (AvgIpc) is 3.26. The second-order valence-corrected chi connectivity index (χ2v) is 12.5. The highest BCUT2D eigenvalue weighted by Crippen LogP contribution is 2.36. The lowest BCUT2D eigenvalue weighted by molar-refractivity contribution is -0.384. The van der Waals surface area contributed by atoms with Crippen LogP contribution in [0.15, 0.2) is 90.7 Å². The summed E-state index contributed by atoms with van der Waals surface area (Å²) in [6.45, 7) is 5.80. The average molecular weight is 727 g/mol. The molecule has 3 aromatic carbocycles. The fraction of sp³-hybridized carbons (Fsp3) is 0.194. The van der Waals surface area contributed by atoms with Gasteiger partial charge < -0.3 is 9.47 Å². The van der Waals surface area contributed by atoms with E-state index in [0.717, 1.165) is 16.7 Å². The van der Waals surface area contributed by atoms with E-state index in [2.05, 4.69) is 36.9 Å². The van der Waals surface area contributed by atoms with Gasteiger partial charge in [0.2, 0.25) is 0 Å². The minimum atomic E-state index is -0.680. The molecule has 1 atom stereocenters. The molecule has 0 N–H and O–H groups in total. The minimum absolute atomic E-state index is 0.00904. The molecule has 1 aliphatic heterocycles. The number of hydrogen-bond donors (Lipinski definition) is 0. The van der Waals surface area contributed by atoms with Crippen LogP contribution in [0.25, 0.3) is 6.08 Å². The van der Waals surface area contributed by atoms with E-state index in [-0.39, 0.29) is 24.5 Å². The summed E-state index contributed by atoms with van der Waals surface area (Å²) in [6, 6.07) is 16.9. The van der Waals surface area contributed by atoms with Gasteiger partial charge in [-0.05, 0) is 87.5 Å². The van der Waals surface area contributed by atoms with Crippen LogP contribution < -0.4 is 19.6 Å². The van der Waals surface area contributed by atoms with Crippen LogP contribution in [0.1, 0.15) is 42.1 Å². The van der Waals surface area contributed by atoms with Gasteiger partial charge in [-0.15, -0.1) is 0 Å². The van der Waals surface area contributed by atoms with Crippen molar-refractivity contribution < 1.29 is 19.2 Å². The zero-order valence-electron chi connectivity index (χ0n) is 23.3. The second kappa shape index (κ2) is 12.8. The molecule has 220 valence electrons. The van der Waals surface area contributed by atoms with Crippen molar-refractivity contribution in [1.29, 1.82) is 0 Å². The summed E-state index contributed by atoms with van der Waals surface area (Å²) in [6.07, 6.45) is 1.76. The number of nitro benzene ring substituents is 1. The monoisotopic (exact) mass is 725 g/mol. The van der Waals surface area contributed by atoms with Crippen molar-refractivity contribution in [2.75, 3.05) is 6.61 Å². The van der Waals surface area contributed by atoms with Crippen LogP contribution in [0.5, 0.6) is 5.75 Å². The lowest BCUT2D eigenvalue weighted by Gasteiger charge is -2.24. The number of halogens is 2. The van der Waals surface area contributed by atoms with E-state index in [1.54, 1.807) is 36.6 Å². The van der Waals surface area contributed by atoms with Gasteiger partial charge in [-0.2, -0.15) is 0 Å². The largest absolute Gasteiger partial charge is 0.487 e. The van der Waals surface area contributed by atoms with Gasteiger partial charge in [-0.25, -0.2) is 9.79 Å². The number of carbonyl (C=O) groups is 1. The number of aryl methyl sites for hydroxylation is 1. The van der Waals surface area contributed by atoms with Gasteiger partial charge >= 0.3 is 5.97 Å². The molecule has 0 aliphatic carbocycles. The zero-order valence-corrected chi connectivity index (χ0v) is 27.3. The molecule has 0 saturated carbocycles. The van der Waals surface area contributed by atoms with Crippen LogP contribution >= 0.6 is 43.2 Å². The number of carbonyl (C=O) groups excluding carboxylic acids is 1. The number of aromatic nitrogens is 1. The standard InChI is InChI=1S/C31H25Br2N3O6S/c1-4-41-30(38)26-18(3)34-31-35(27(26)21-10-8-17(2)9-11-21)29(37)25(43-31)15-20-13-23(32)28(24(33)14-20)42-16-19-6-5-7-22(12-19)36(39)40/h5-15,27H,4,16H2,1-3H3/b25-15+/t27-/m0/s1. The fourth-order valence-electron chi connectivity index (χ4n) is 4.72. The molecule has 12 heteroatoms. The quantitative estimate of drug-likeness (QED) is 0.123. The van der Waals surface area contributed by atoms with Crippen molar-refractivity contribution in [3.8, 4) is 5.75 Å². The first kappa shape index (κ1) is 30.6. The molecule has 1 aromatic heterocycles. The summed E-state index contributed by atoms with van der Waals surface area (Å²) in [7, 11) is 0. The Morgan fingerprint density at radius 1 is 1.12 bits per heavy atom. The molecule has 0 amide bonds. The Balaban J connectivity index is 1.52. The number of hydrogen-bond acceptors (Lipinski definition) is 8. The highest BCUT2D eigenvalue weighted by molar-refractivity contribution is 9.11. The number of rotatable bonds is 8. The minimum Gasteiger partial charge on any atom is -0.487 e. The number of nitro groups is 1. The summed E-state index contributed by atoms with van der Waals surface area (Å²) in [4.78, 5) is 42.7. The van der Waals surface area contributed by atoms with Crippen LogP contribution in [0.3, 0.4) is 0 Å². The lowest BCUT2D eigenvalue weighted by Crippen LogP contribution is -2.39. The highest BCUT2D eigenvalue weighted by atomic mass is 79.9. The maximum atomic E-state index is 13.9. The van der Waals surface area contributed by atoms with E-state index >= 15 is 0 Å². The number of non-ortho nitro benzene ring substituents is 1. The highest BCUT2D eigenvalue weighted by Gasteiger charge is 2.33. The van der Waals surface area contributed by atoms with Crippen molar-refractivity contribution in [3.63, 3.8) is 0 Å². The Bertz CT molecular complexity index is 1940. The molecule has 4 aromatic rings. The number of ether oxygens (including phenoxy) is 2. The molecule has 5 rings (SSSR count). The first-order valence-electron chi connectivity index (χ1n) is 13.2. The van der Waals surface area contributed by atoms with Crippen molar-refractivity contribution >= 4 is 60.9 Å².